The number of carboxylic acid groups (broad SMARTS) is 1. The molecule has 158 valence electrons. The molecular weight excluding hydrogens is 402 g/mol. The first-order valence-corrected chi connectivity index (χ1v) is 9.28. The van der Waals surface area contributed by atoms with Gasteiger partial charge in [-0.1, -0.05) is 0 Å². The summed E-state index contributed by atoms with van der Waals surface area (Å²) >= 11 is 0. The zero-order valence-corrected chi connectivity index (χ0v) is 16.7. The number of rotatable bonds is 7. The van der Waals surface area contributed by atoms with Crippen molar-refractivity contribution < 1.29 is 19.1 Å². The lowest BCUT2D eigenvalue weighted by atomic mass is 10.1. The Bertz CT molecular complexity index is 1330. The van der Waals surface area contributed by atoms with Crippen molar-refractivity contribution in [1.29, 1.82) is 0 Å². The lowest BCUT2D eigenvalue weighted by Crippen LogP contribution is -2.06. The second-order valence-electron chi connectivity index (χ2n) is 6.81. The van der Waals surface area contributed by atoms with Crippen molar-refractivity contribution in [2.45, 2.75) is 13.5 Å². The quantitative estimate of drug-likeness (QED) is 0.352. The lowest BCUT2D eigenvalue weighted by Gasteiger charge is -2.12. The molecule has 0 amide bonds. The van der Waals surface area contributed by atoms with E-state index < -0.39 is 11.7 Å². The number of benzene rings is 2. The molecule has 0 saturated carbocycles. The number of hydrogen-bond donors (Lipinski definition) is 4. The number of H-pyrrole nitrogens is 1. The minimum atomic E-state index is -1.02. The van der Waals surface area contributed by atoms with Gasteiger partial charge in [0.05, 0.1) is 17.7 Å². The Labute approximate surface area is 175 Å². The fraction of sp³-hybridized carbons (Fsp3) is 0.143. The second-order valence-corrected chi connectivity index (χ2v) is 6.81. The largest absolute Gasteiger partial charge is 0.478 e. The van der Waals surface area contributed by atoms with E-state index in [1.54, 1.807) is 36.5 Å². The van der Waals surface area contributed by atoms with Gasteiger partial charge in [0, 0.05) is 30.2 Å². The number of aromatic amines is 1. The van der Waals surface area contributed by atoms with Crippen LogP contribution in [0.15, 0.2) is 51.8 Å². The Balaban J connectivity index is 1.59. The third-order valence-corrected chi connectivity index (χ3v) is 4.55. The fourth-order valence-electron chi connectivity index (χ4n) is 3.08. The van der Waals surface area contributed by atoms with E-state index in [-0.39, 0.29) is 12.2 Å². The van der Waals surface area contributed by atoms with Crippen molar-refractivity contribution >= 4 is 40.2 Å². The van der Waals surface area contributed by atoms with Gasteiger partial charge in [-0.25, -0.2) is 14.6 Å². The number of nitrogens with one attached hydrogen (secondary N) is 3. The summed E-state index contributed by atoms with van der Waals surface area (Å²) in [6.45, 7) is 2.03. The third-order valence-electron chi connectivity index (χ3n) is 4.55. The zero-order chi connectivity index (χ0) is 22.0. The summed E-state index contributed by atoms with van der Waals surface area (Å²) in [5.74, 6) is -0.634. The molecule has 4 rings (SSSR count). The normalized spacial score (nSPS) is 10.9. The van der Waals surface area contributed by atoms with Crippen LogP contribution in [0.5, 0.6) is 0 Å². The SMILES string of the molecule is COCc1cc(Nc2ncc(C)c(Nc3ccc4oc(=O)[nH]c4c3)n2)ccc1C(=O)O. The van der Waals surface area contributed by atoms with Gasteiger partial charge in [-0.15, -0.1) is 0 Å². The van der Waals surface area contributed by atoms with E-state index in [1.807, 2.05) is 6.92 Å². The van der Waals surface area contributed by atoms with Crippen molar-refractivity contribution in [3.63, 3.8) is 0 Å². The molecule has 2 heterocycles. The highest BCUT2D eigenvalue weighted by atomic mass is 16.5. The second kappa shape index (κ2) is 8.28. The summed E-state index contributed by atoms with van der Waals surface area (Å²) in [6, 6.07) is 10.0. The Kier molecular flexibility index (Phi) is 5.37. The number of ether oxygens (including phenoxy) is 1. The maximum absolute atomic E-state index is 11.4. The summed E-state index contributed by atoms with van der Waals surface area (Å²) in [5, 5.41) is 15.6. The Hall–Kier alpha value is -4.18. The summed E-state index contributed by atoms with van der Waals surface area (Å²) in [4.78, 5) is 34.1. The van der Waals surface area contributed by atoms with Gasteiger partial charge >= 0.3 is 11.7 Å². The van der Waals surface area contributed by atoms with Gasteiger partial charge in [-0.3, -0.25) is 4.98 Å². The number of oxazole rings is 1. The first-order chi connectivity index (χ1) is 14.9. The van der Waals surface area contributed by atoms with Crippen LogP contribution < -0.4 is 16.4 Å². The van der Waals surface area contributed by atoms with Crippen LogP contribution in [-0.2, 0) is 11.3 Å². The lowest BCUT2D eigenvalue weighted by molar-refractivity contribution is 0.0692. The number of aromatic nitrogens is 3. The Morgan fingerprint density at radius 3 is 2.74 bits per heavy atom. The standard InChI is InChI=1S/C21H19N5O5/c1-11-9-22-20(24-13-3-5-15(19(27)28)12(7-13)10-30-2)26-18(11)23-14-4-6-17-16(8-14)25-21(29)31-17/h3-9H,10H2,1-2H3,(H,25,29)(H,27,28)(H2,22,23,24,26). The van der Waals surface area contributed by atoms with E-state index >= 15 is 0 Å². The summed E-state index contributed by atoms with van der Waals surface area (Å²) in [7, 11) is 1.50. The van der Waals surface area contributed by atoms with E-state index in [2.05, 4.69) is 25.6 Å². The van der Waals surface area contributed by atoms with Crippen LogP contribution in [-0.4, -0.2) is 33.1 Å². The minimum absolute atomic E-state index is 0.164. The summed E-state index contributed by atoms with van der Waals surface area (Å²) < 4.78 is 10.1. The monoisotopic (exact) mass is 421 g/mol. The van der Waals surface area contributed by atoms with E-state index in [4.69, 9.17) is 9.15 Å². The predicted molar refractivity (Wildman–Crippen MR) is 114 cm³/mol. The highest BCUT2D eigenvalue weighted by molar-refractivity contribution is 5.90. The number of fused-ring (bicyclic) bond motifs is 1. The smallest absolute Gasteiger partial charge is 0.417 e. The van der Waals surface area contributed by atoms with Gasteiger partial charge in [0.25, 0.3) is 0 Å². The van der Waals surface area contributed by atoms with Gasteiger partial charge < -0.3 is 24.9 Å². The van der Waals surface area contributed by atoms with Crippen LogP contribution >= 0.6 is 0 Å². The van der Waals surface area contributed by atoms with E-state index in [9.17, 15) is 14.7 Å². The molecule has 31 heavy (non-hydrogen) atoms. The number of carboxylic acids is 1. The molecule has 0 radical (unpaired) electrons. The minimum Gasteiger partial charge on any atom is -0.478 e. The number of carbonyl (C=O) groups is 1. The molecule has 10 heteroatoms. The topological polar surface area (TPSA) is 142 Å². The fourth-order valence-corrected chi connectivity index (χ4v) is 3.08. The molecule has 4 aromatic rings. The van der Waals surface area contributed by atoms with Crippen LogP contribution in [0.3, 0.4) is 0 Å². The van der Waals surface area contributed by atoms with Gasteiger partial charge in [0.1, 0.15) is 5.82 Å². The van der Waals surface area contributed by atoms with Crippen LogP contribution in [0.1, 0.15) is 21.5 Å². The van der Waals surface area contributed by atoms with Crippen molar-refractivity contribution in [3.8, 4) is 0 Å². The molecule has 0 aliphatic carbocycles. The Morgan fingerprint density at radius 2 is 1.97 bits per heavy atom. The van der Waals surface area contributed by atoms with Gasteiger partial charge in [-0.05, 0) is 48.9 Å². The van der Waals surface area contributed by atoms with Crippen LogP contribution in [0.2, 0.25) is 0 Å². The van der Waals surface area contributed by atoms with Crippen LogP contribution in [0, 0.1) is 6.92 Å². The zero-order valence-electron chi connectivity index (χ0n) is 16.7. The first-order valence-electron chi connectivity index (χ1n) is 9.28. The molecule has 2 aromatic carbocycles. The molecule has 0 fully saturated rings. The average Bonchev–Trinajstić information content (AvgIpc) is 3.10. The number of hydrogen-bond acceptors (Lipinski definition) is 8. The number of aryl methyl sites for hydroxylation is 1. The van der Waals surface area contributed by atoms with E-state index in [0.29, 0.717) is 39.8 Å². The number of nitrogens with zero attached hydrogens (tertiary/aromatic N) is 2. The summed E-state index contributed by atoms with van der Waals surface area (Å²) in [5.41, 5.74) is 3.90. The molecule has 10 nitrogen and oxygen atoms in total. The summed E-state index contributed by atoms with van der Waals surface area (Å²) in [6.07, 6.45) is 1.66. The highest BCUT2D eigenvalue weighted by Gasteiger charge is 2.12. The van der Waals surface area contributed by atoms with Crippen molar-refractivity contribution in [1.82, 2.24) is 15.0 Å². The maximum atomic E-state index is 11.4. The first kappa shape index (κ1) is 20.1. The molecule has 0 spiro atoms. The predicted octanol–water partition coefficient (Wildman–Crippen LogP) is 3.55. The van der Waals surface area contributed by atoms with E-state index in [1.165, 1.54) is 13.2 Å². The molecule has 0 saturated heterocycles. The highest BCUT2D eigenvalue weighted by Crippen LogP contribution is 2.24. The van der Waals surface area contributed by atoms with Crippen molar-refractivity contribution in [2.75, 3.05) is 17.7 Å². The average molecular weight is 421 g/mol. The van der Waals surface area contributed by atoms with Crippen molar-refractivity contribution in [2.24, 2.45) is 0 Å². The van der Waals surface area contributed by atoms with Crippen molar-refractivity contribution in [3.05, 3.63) is 69.8 Å². The molecule has 0 aliphatic rings. The number of aromatic carboxylic acids is 1. The van der Waals surface area contributed by atoms with Crippen LogP contribution in [0.25, 0.3) is 11.1 Å². The Morgan fingerprint density at radius 1 is 1.19 bits per heavy atom. The molecular formula is C21H19N5O5. The van der Waals surface area contributed by atoms with Gasteiger partial charge in [0.15, 0.2) is 5.58 Å². The molecule has 0 unspecified atom stereocenters. The molecule has 4 N–H and O–H groups in total. The molecule has 0 aliphatic heterocycles. The van der Waals surface area contributed by atoms with E-state index in [0.717, 1.165) is 5.56 Å². The molecule has 2 aromatic heterocycles. The third kappa shape index (κ3) is 4.38. The van der Waals surface area contributed by atoms with Gasteiger partial charge in [0.2, 0.25) is 5.95 Å². The van der Waals surface area contributed by atoms with Crippen LogP contribution in [0.4, 0.5) is 23.1 Å². The molecule has 0 atom stereocenters. The molecule has 0 bridgehead atoms. The van der Waals surface area contributed by atoms with Gasteiger partial charge in [-0.2, -0.15) is 4.98 Å². The maximum Gasteiger partial charge on any atom is 0.417 e. The number of methoxy groups -OCH3 is 1. The number of anilines is 4.